The monoisotopic (exact) mass is 719 g/mol. The number of benzene rings is 3. The van der Waals surface area contributed by atoms with Crippen molar-refractivity contribution in [3.8, 4) is 28.7 Å². The summed E-state index contributed by atoms with van der Waals surface area (Å²) >= 11 is 14.1. The van der Waals surface area contributed by atoms with E-state index < -0.39 is 5.97 Å². The number of aromatic nitrogens is 3. The lowest BCUT2D eigenvalue weighted by Crippen LogP contribution is -2.26. The van der Waals surface area contributed by atoms with Gasteiger partial charge in [0, 0.05) is 54.6 Å². The zero-order valence-corrected chi connectivity index (χ0v) is 28.7. The van der Waals surface area contributed by atoms with E-state index in [-0.39, 0.29) is 24.6 Å². The van der Waals surface area contributed by atoms with Gasteiger partial charge in [-0.25, -0.2) is 9.97 Å². The smallest absolute Gasteiger partial charge is 0.317 e. The third-order valence-corrected chi connectivity index (χ3v) is 10.4. The van der Waals surface area contributed by atoms with Crippen LogP contribution in [0.15, 0.2) is 71.4 Å². The Kier molecular flexibility index (Phi) is 8.79. The number of fused-ring (bicyclic) bond motifs is 3. The van der Waals surface area contributed by atoms with Crippen molar-refractivity contribution in [1.29, 1.82) is 5.26 Å². The van der Waals surface area contributed by atoms with Crippen LogP contribution >= 0.6 is 23.2 Å². The molecular weight excluding hydrogens is 689 g/mol. The second-order valence-electron chi connectivity index (χ2n) is 12.9. The SMILES string of the molecule is N#Cc1c2c(cc3nc(-c4cccc(-c5cccc(Nc6nccc7cc(CN8CC[C@@H](O)C8)cnc67)c5Cl)c4Cl)oc13)[C@H](NCC(=O)O)CC2. The number of nitriles is 1. The summed E-state index contributed by atoms with van der Waals surface area (Å²) in [4.78, 5) is 27.4. The molecule has 0 saturated carbocycles. The Balaban J connectivity index is 1.10. The molecule has 6 aromatic rings. The van der Waals surface area contributed by atoms with Crippen LogP contribution in [0.2, 0.25) is 10.0 Å². The van der Waals surface area contributed by atoms with Crippen LogP contribution in [-0.4, -0.2) is 61.8 Å². The van der Waals surface area contributed by atoms with Gasteiger partial charge in [0.1, 0.15) is 22.7 Å². The van der Waals surface area contributed by atoms with Gasteiger partial charge in [0.2, 0.25) is 5.89 Å². The van der Waals surface area contributed by atoms with E-state index >= 15 is 0 Å². The highest BCUT2D eigenvalue weighted by atomic mass is 35.5. The maximum absolute atomic E-state index is 11.2. The van der Waals surface area contributed by atoms with Gasteiger partial charge in [-0.3, -0.25) is 14.7 Å². The van der Waals surface area contributed by atoms with Gasteiger partial charge in [-0.05, 0) is 66.3 Å². The number of likely N-dealkylation sites (tertiary alicyclic amines) is 1. The lowest BCUT2D eigenvalue weighted by Gasteiger charge is -2.16. The fourth-order valence-electron chi connectivity index (χ4n) is 7.17. The van der Waals surface area contributed by atoms with Gasteiger partial charge in [0.05, 0.1) is 33.9 Å². The number of carbonyl (C=O) groups is 1. The largest absolute Gasteiger partial charge is 0.480 e. The molecule has 13 heteroatoms. The van der Waals surface area contributed by atoms with Gasteiger partial charge in [-0.1, -0.05) is 47.5 Å². The first-order chi connectivity index (χ1) is 24.8. The van der Waals surface area contributed by atoms with Crippen LogP contribution in [0, 0.1) is 11.3 Å². The highest BCUT2D eigenvalue weighted by Crippen LogP contribution is 2.44. The molecular formula is C38H31Cl2N7O4. The predicted octanol–water partition coefficient (Wildman–Crippen LogP) is 7.26. The van der Waals surface area contributed by atoms with Crippen molar-refractivity contribution in [2.24, 2.45) is 0 Å². The molecule has 0 bridgehead atoms. The van der Waals surface area contributed by atoms with Crippen molar-refractivity contribution in [2.75, 3.05) is 25.0 Å². The second kappa shape index (κ2) is 13.6. The van der Waals surface area contributed by atoms with Gasteiger partial charge >= 0.3 is 5.97 Å². The van der Waals surface area contributed by atoms with Crippen LogP contribution in [-0.2, 0) is 17.8 Å². The number of nitrogens with zero attached hydrogens (tertiary/aromatic N) is 5. The number of pyridine rings is 2. The number of carboxylic acids is 1. The number of rotatable bonds is 9. The summed E-state index contributed by atoms with van der Waals surface area (Å²) in [5, 5.41) is 37.3. The number of aliphatic hydroxyl groups is 1. The molecule has 4 heterocycles. The number of β-amino-alcohol motifs (C(OH)–C–C–N with tert-alkyl or cyclic N) is 1. The molecule has 256 valence electrons. The second-order valence-corrected chi connectivity index (χ2v) is 13.6. The number of oxazole rings is 1. The molecule has 0 unspecified atom stereocenters. The van der Waals surface area contributed by atoms with Gasteiger partial charge in [0.15, 0.2) is 11.4 Å². The van der Waals surface area contributed by atoms with Crippen LogP contribution in [0.1, 0.15) is 41.1 Å². The Morgan fingerprint density at radius 3 is 2.65 bits per heavy atom. The topological polar surface area (TPSA) is 160 Å². The molecule has 1 aliphatic heterocycles. The predicted molar refractivity (Wildman–Crippen MR) is 195 cm³/mol. The molecule has 0 amide bonds. The Labute approximate surface area is 302 Å². The van der Waals surface area contributed by atoms with Crippen LogP contribution in [0.5, 0.6) is 0 Å². The summed E-state index contributed by atoms with van der Waals surface area (Å²) < 4.78 is 6.22. The van der Waals surface area contributed by atoms with E-state index in [4.69, 9.17) is 42.7 Å². The van der Waals surface area contributed by atoms with Crippen molar-refractivity contribution < 1.29 is 19.4 Å². The first kappa shape index (κ1) is 33.1. The number of nitrogens with one attached hydrogen (secondary N) is 2. The van der Waals surface area contributed by atoms with Crippen molar-refractivity contribution >= 4 is 62.7 Å². The van der Waals surface area contributed by atoms with Crippen LogP contribution in [0.4, 0.5) is 11.5 Å². The molecule has 3 aromatic heterocycles. The minimum absolute atomic E-state index is 0.183. The van der Waals surface area contributed by atoms with E-state index in [1.54, 1.807) is 12.3 Å². The third-order valence-electron chi connectivity index (χ3n) is 9.57. The molecule has 2 aliphatic rings. The summed E-state index contributed by atoms with van der Waals surface area (Å²) in [6.07, 6.45) is 5.38. The zero-order valence-electron chi connectivity index (χ0n) is 27.2. The van der Waals surface area contributed by atoms with Gasteiger partial charge in [-0.2, -0.15) is 5.26 Å². The molecule has 1 fully saturated rings. The lowest BCUT2D eigenvalue weighted by molar-refractivity contribution is -0.136. The summed E-state index contributed by atoms with van der Waals surface area (Å²) in [5.74, 6) is -0.137. The molecule has 0 radical (unpaired) electrons. The number of aliphatic carboxylic acids is 1. The van der Waals surface area contributed by atoms with Crippen LogP contribution in [0.3, 0.4) is 0 Å². The van der Waals surface area contributed by atoms with E-state index in [0.29, 0.717) is 79.8 Å². The Hall–Kier alpha value is -5.09. The molecule has 4 N–H and O–H groups in total. The van der Waals surface area contributed by atoms with Crippen LogP contribution < -0.4 is 10.6 Å². The summed E-state index contributed by atoms with van der Waals surface area (Å²) in [7, 11) is 0. The average molecular weight is 721 g/mol. The Bertz CT molecular complexity index is 2390. The molecule has 1 saturated heterocycles. The van der Waals surface area contributed by atoms with Crippen molar-refractivity contribution in [1.82, 2.24) is 25.2 Å². The Morgan fingerprint density at radius 1 is 1.06 bits per heavy atom. The number of anilines is 2. The van der Waals surface area contributed by atoms with E-state index in [1.165, 1.54) is 0 Å². The highest BCUT2D eigenvalue weighted by Gasteiger charge is 2.29. The number of halogens is 2. The van der Waals surface area contributed by atoms with Crippen LogP contribution in [0.25, 0.3) is 44.6 Å². The van der Waals surface area contributed by atoms with Crippen molar-refractivity contribution in [2.45, 2.75) is 38.0 Å². The number of hydrogen-bond donors (Lipinski definition) is 4. The highest BCUT2D eigenvalue weighted by molar-refractivity contribution is 6.39. The summed E-state index contributed by atoms with van der Waals surface area (Å²) in [5.41, 5.74) is 7.21. The minimum Gasteiger partial charge on any atom is -0.480 e. The Morgan fingerprint density at radius 2 is 1.86 bits per heavy atom. The minimum atomic E-state index is -0.947. The lowest BCUT2D eigenvalue weighted by atomic mass is 10.0. The standard InChI is InChI=1S/C38H31Cl2N7O4/c39-33-24(3-1-5-26(33)38-46-31-14-27-23(28(15-41)36(31)51-38)7-8-29(27)43-17-32(49)50)25-4-2-6-30(34(25)40)45-37-35-21(9-11-42-37)13-20(16-44-35)18-47-12-10-22(48)19-47/h1-6,9,11,13-14,16,22,29,43,48H,7-8,10,12,17-19H2,(H,42,45)(H,49,50)/t22-,29-/m1/s1. The molecule has 2 atom stereocenters. The summed E-state index contributed by atoms with van der Waals surface area (Å²) in [6, 6.07) is 19.1. The fourth-order valence-corrected chi connectivity index (χ4v) is 7.76. The zero-order chi connectivity index (χ0) is 35.2. The molecule has 0 spiro atoms. The first-order valence-electron chi connectivity index (χ1n) is 16.6. The molecule has 8 rings (SSSR count). The normalized spacial score (nSPS) is 17.2. The maximum atomic E-state index is 11.2. The van der Waals surface area contributed by atoms with Crippen molar-refractivity contribution in [3.63, 3.8) is 0 Å². The van der Waals surface area contributed by atoms with E-state index in [1.807, 2.05) is 48.7 Å². The van der Waals surface area contributed by atoms with E-state index in [0.717, 1.165) is 41.6 Å². The van der Waals surface area contributed by atoms with E-state index in [9.17, 15) is 15.2 Å². The fraction of sp³-hybridized carbons (Fsp3) is 0.237. The number of aliphatic hydroxyl groups excluding tert-OH is 1. The molecule has 1 aliphatic carbocycles. The quantitative estimate of drug-likeness (QED) is 0.119. The third kappa shape index (κ3) is 6.26. The summed E-state index contributed by atoms with van der Waals surface area (Å²) in [6.45, 7) is 2.06. The molecule has 11 nitrogen and oxygen atoms in total. The average Bonchev–Trinajstić information content (AvgIpc) is 3.85. The van der Waals surface area contributed by atoms with Gasteiger partial charge in [-0.15, -0.1) is 0 Å². The van der Waals surface area contributed by atoms with Gasteiger partial charge < -0.3 is 25.3 Å². The maximum Gasteiger partial charge on any atom is 0.317 e. The van der Waals surface area contributed by atoms with Gasteiger partial charge in [0.25, 0.3) is 0 Å². The number of hydrogen-bond acceptors (Lipinski definition) is 10. The molecule has 3 aromatic carbocycles. The molecule has 51 heavy (non-hydrogen) atoms. The number of carboxylic acid groups (broad SMARTS) is 1. The van der Waals surface area contributed by atoms with E-state index in [2.05, 4.69) is 32.7 Å². The van der Waals surface area contributed by atoms with Crippen molar-refractivity contribution in [3.05, 3.63) is 99.3 Å². The first-order valence-corrected chi connectivity index (χ1v) is 17.3.